The lowest BCUT2D eigenvalue weighted by Gasteiger charge is -2.22. The number of thioether (sulfide) groups is 1. The zero-order valence-corrected chi connectivity index (χ0v) is 13.3. The summed E-state index contributed by atoms with van der Waals surface area (Å²) in [6, 6.07) is 15.2. The molecule has 4 heteroatoms. The first-order chi connectivity index (χ1) is 10.1. The summed E-state index contributed by atoms with van der Waals surface area (Å²) in [6.07, 6.45) is 0.978. The molecule has 1 aliphatic heterocycles. The molecule has 2 nitrogen and oxygen atoms in total. The summed E-state index contributed by atoms with van der Waals surface area (Å²) >= 11 is 7.84. The smallest absolute Gasteiger partial charge is 0.258 e. The third-order valence-corrected chi connectivity index (χ3v) is 5.03. The Kier molecular flexibility index (Phi) is 4.22. The maximum atomic E-state index is 12.8. The predicted octanol–water partition coefficient (Wildman–Crippen LogP) is 4.87. The number of amides is 1. The fourth-order valence-electron chi connectivity index (χ4n) is 2.48. The fraction of sp³-hybridized carbons (Fsp3) is 0.235. The van der Waals surface area contributed by atoms with Gasteiger partial charge in [-0.2, -0.15) is 0 Å². The van der Waals surface area contributed by atoms with E-state index in [1.165, 1.54) is 0 Å². The molecule has 0 N–H and O–H groups in total. The van der Waals surface area contributed by atoms with Crippen molar-refractivity contribution in [1.29, 1.82) is 0 Å². The van der Waals surface area contributed by atoms with Crippen LogP contribution >= 0.6 is 23.4 Å². The van der Waals surface area contributed by atoms with Gasteiger partial charge in [0.05, 0.1) is 5.69 Å². The Morgan fingerprint density at radius 3 is 2.86 bits per heavy atom. The number of rotatable bonds is 1. The van der Waals surface area contributed by atoms with Gasteiger partial charge in [0.2, 0.25) is 0 Å². The molecule has 0 fully saturated rings. The van der Waals surface area contributed by atoms with E-state index in [1.54, 1.807) is 12.1 Å². The molecule has 0 aliphatic carbocycles. The zero-order chi connectivity index (χ0) is 14.8. The second-order valence-electron chi connectivity index (χ2n) is 5.15. The third kappa shape index (κ3) is 3.09. The van der Waals surface area contributed by atoms with Crippen LogP contribution in [0, 0.1) is 0 Å². The normalized spacial score (nSPS) is 18.0. The first kappa shape index (κ1) is 14.5. The van der Waals surface area contributed by atoms with Gasteiger partial charge in [-0.05, 0) is 36.8 Å². The summed E-state index contributed by atoms with van der Waals surface area (Å²) in [7, 11) is 0. The number of fused-ring (bicyclic) bond motifs is 1. The van der Waals surface area contributed by atoms with Crippen LogP contribution in [0.2, 0.25) is 5.02 Å². The van der Waals surface area contributed by atoms with Gasteiger partial charge in [0, 0.05) is 27.3 Å². The molecular weight excluding hydrogens is 302 g/mol. The molecule has 0 spiro atoms. The first-order valence-corrected chi connectivity index (χ1v) is 8.24. The number of carbonyl (C=O) groups is 1. The standard InChI is InChI=1S/C17H16ClNOS/c1-12-9-10-19(15-7-2-3-8-16(15)21-12)17(20)13-5-4-6-14(18)11-13/h2-8,11-12H,9-10H2,1H3. The number of hydrogen-bond donors (Lipinski definition) is 0. The van der Waals surface area contributed by atoms with Crippen LogP contribution in [0.4, 0.5) is 5.69 Å². The van der Waals surface area contributed by atoms with E-state index >= 15 is 0 Å². The van der Waals surface area contributed by atoms with Crippen LogP contribution < -0.4 is 4.90 Å². The van der Waals surface area contributed by atoms with Gasteiger partial charge in [0.1, 0.15) is 0 Å². The molecule has 1 amide bonds. The summed E-state index contributed by atoms with van der Waals surface area (Å²) < 4.78 is 0. The SMILES string of the molecule is CC1CCN(C(=O)c2cccc(Cl)c2)c2ccccc2S1. The maximum absolute atomic E-state index is 12.8. The lowest BCUT2D eigenvalue weighted by atomic mass is 10.1. The van der Waals surface area contributed by atoms with Crippen LogP contribution in [0.15, 0.2) is 53.4 Å². The van der Waals surface area contributed by atoms with Crippen molar-refractivity contribution in [3.63, 3.8) is 0 Å². The molecular formula is C17H16ClNOS. The van der Waals surface area contributed by atoms with Gasteiger partial charge >= 0.3 is 0 Å². The van der Waals surface area contributed by atoms with Crippen molar-refractivity contribution in [2.75, 3.05) is 11.4 Å². The van der Waals surface area contributed by atoms with Gasteiger partial charge < -0.3 is 4.90 Å². The average Bonchev–Trinajstić information content (AvgIpc) is 2.65. The number of nitrogens with zero attached hydrogens (tertiary/aromatic N) is 1. The van der Waals surface area contributed by atoms with E-state index in [2.05, 4.69) is 13.0 Å². The van der Waals surface area contributed by atoms with E-state index in [0.717, 1.165) is 23.5 Å². The Morgan fingerprint density at radius 1 is 1.24 bits per heavy atom. The minimum atomic E-state index is 0.0136. The number of carbonyl (C=O) groups excluding carboxylic acids is 1. The van der Waals surface area contributed by atoms with Crippen LogP contribution in [0.1, 0.15) is 23.7 Å². The summed E-state index contributed by atoms with van der Waals surface area (Å²) in [6.45, 7) is 2.94. The van der Waals surface area contributed by atoms with Crippen molar-refractivity contribution in [3.8, 4) is 0 Å². The first-order valence-electron chi connectivity index (χ1n) is 6.98. The molecule has 2 aromatic carbocycles. The average molecular weight is 318 g/mol. The molecule has 1 heterocycles. The Balaban J connectivity index is 2.00. The summed E-state index contributed by atoms with van der Waals surface area (Å²) in [5, 5.41) is 1.09. The van der Waals surface area contributed by atoms with Crippen molar-refractivity contribution in [3.05, 3.63) is 59.1 Å². The van der Waals surface area contributed by atoms with Gasteiger partial charge in [-0.3, -0.25) is 4.79 Å². The van der Waals surface area contributed by atoms with Crippen molar-refractivity contribution in [2.45, 2.75) is 23.5 Å². The second-order valence-corrected chi connectivity index (χ2v) is 7.07. The van der Waals surface area contributed by atoms with Crippen LogP contribution in [0.5, 0.6) is 0 Å². The van der Waals surface area contributed by atoms with Crippen LogP contribution in [-0.4, -0.2) is 17.7 Å². The molecule has 0 aromatic heterocycles. The molecule has 21 heavy (non-hydrogen) atoms. The van der Waals surface area contributed by atoms with E-state index in [-0.39, 0.29) is 5.91 Å². The molecule has 1 atom stereocenters. The Labute approximate surface area is 134 Å². The van der Waals surface area contributed by atoms with E-state index in [9.17, 15) is 4.79 Å². The number of anilines is 1. The van der Waals surface area contributed by atoms with Gasteiger partial charge in [0.15, 0.2) is 0 Å². The van der Waals surface area contributed by atoms with Gasteiger partial charge in [-0.25, -0.2) is 0 Å². The van der Waals surface area contributed by atoms with E-state index in [1.807, 2.05) is 47.0 Å². The monoisotopic (exact) mass is 317 g/mol. The highest BCUT2D eigenvalue weighted by atomic mass is 35.5. The summed E-state index contributed by atoms with van der Waals surface area (Å²) in [5.41, 5.74) is 1.63. The van der Waals surface area contributed by atoms with Gasteiger partial charge in [-0.15, -0.1) is 11.8 Å². The number of hydrogen-bond acceptors (Lipinski definition) is 2. The van der Waals surface area contributed by atoms with Crippen molar-refractivity contribution < 1.29 is 4.79 Å². The van der Waals surface area contributed by atoms with Gasteiger partial charge in [0.25, 0.3) is 5.91 Å². The molecule has 1 unspecified atom stereocenters. The van der Waals surface area contributed by atoms with Crippen molar-refractivity contribution in [2.24, 2.45) is 0 Å². The molecule has 2 aromatic rings. The van der Waals surface area contributed by atoms with Gasteiger partial charge in [-0.1, -0.05) is 36.7 Å². The lowest BCUT2D eigenvalue weighted by molar-refractivity contribution is 0.0986. The molecule has 3 rings (SSSR count). The van der Waals surface area contributed by atoms with E-state index < -0.39 is 0 Å². The third-order valence-electron chi connectivity index (χ3n) is 3.56. The van der Waals surface area contributed by atoms with Crippen LogP contribution in [0.25, 0.3) is 0 Å². The predicted molar refractivity (Wildman–Crippen MR) is 89.5 cm³/mol. The summed E-state index contributed by atoms with van der Waals surface area (Å²) in [4.78, 5) is 15.9. The highest BCUT2D eigenvalue weighted by molar-refractivity contribution is 8.00. The van der Waals surface area contributed by atoms with Crippen LogP contribution in [0.3, 0.4) is 0 Å². The lowest BCUT2D eigenvalue weighted by Crippen LogP contribution is -2.32. The van der Waals surface area contributed by atoms with Crippen molar-refractivity contribution >= 4 is 35.0 Å². The molecule has 108 valence electrons. The Morgan fingerprint density at radius 2 is 2.05 bits per heavy atom. The minimum absolute atomic E-state index is 0.0136. The molecule has 0 saturated carbocycles. The highest BCUT2D eigenvalue weighted by Crippen LogP contribution is 2.37. The summed E-state index contributed by atoms with van der Waals surface area (Å²) in [5.74, 6) is 0.0136. The molecule has 0 radical (unpaired) electrons. The number of halogens is 1. The quantitative estimate of drug-likeness (QED) is 0.747. The Hall–Kier alpha value is -1.45. The largest absolute Gasteiger partial charge is 0.307 e. The maximum Gasteiger partial charge on any atom is 0.258 e. The Bertz CT molecular complexity index is 673. The van der Waals surface area contributed by atoms with E-state index in [4.69, 9.17) is 11.6 Å². The topological polar surface area (TPSA) is 20.3 Å². The highest BCUT2D eigenvalue weighted by Gasteiger charge is 2.24. The number of benzene rings is 2. The second kappa shape index (κ2) is 6.12. The van der Waals surface area contributed by atoms with Crippen LogP contribution in [-0.2, 0) is 0 Å². The fourth-order valence-corrected chi connectivity index (χ4v) is 3.78. The zero-order valence-electron chi connectivity index (χ0n) is 11.8. The van der Waals surface area contributed by atoms with E-state index in [0.29, 0.717) is 15.8 Å². The molecule has 1 aliphatic rings. The van der Waals surface area contributed by atoms with Crippen molar-refractivity contribution in [1.82, 2.24) is 0 Å². The molecule has 0 bridgehead atoms. The number of para-hydroxylation sites is 1. The molecule has 0 saturated heterocycles. The minimum Gasteiger partial charge on any atom is -0.307 e.